The first-order valence-electron chi connectivity index (χ1n) is 8.49. The molecule has 0 aliphatic rings. The molecule has 2 rings (SSSR count). The van der Waals surface area contributed by atoms with Gasteiger partial charge in [0.25, 0.3) is 5.91 Å². The predicted molar refractivity (Wildman–Crippen MR) is 111 cm³/mol. The van der Waals surface area contributed by atoms with Gasteiger partial charge in [-0.2, -0.15) is 0 Å². The Morgan fingerprint density at radius 2 is 1.90 bits per heavy atom. The van der Waals surface area contributed by atoms with Gasteiger partial charge in [-0.05, 0) is 37.3 Å². The van der Waals surface area contributed by atoms with Crippen molar-refractivity contribution in [1.82, 2.24) is 4.31 Å². The third-order valence-electron chi connectivity index (χ3n) is 3.99. The number of nitro benzene ring substituents is 1. The number of nitro groups is 1. The van der Waals surface area contributed by atoms with Crippen molar-refractivity contribution < 1.29 is 27.6 Å². The molecule has 1 unspecified atom stereocenters. The molecule has 0 aliphatic carbocycles. The number of nitrogens with zero attached hydrogens (tertiary/aromatic N) is 2. The van der Waals surface area contributed by atoms with Gasteiger partial charge in [0.15, 0.2) is 11.9 Å². The van der Waals surface area contributed by atoms with Crippen LogP contribution in [0.15, 0.2) is 41.3 Å². The highest BCUT2D eigenvalue weighted by Crippen LogP contribution is 2.32. The average Bonchev–Trinajstić information content (AvgIpc) is 2.69. The highest BCUT2D eigenvalue weighted by Gasteiger charge is 2.24. The summed E-state index contributed by atoms with van der Waals surface area (Å²) in [6.07, 6.45) is -1.12. The highest BCUT2D eigenvalue weighted by atomic mass is 35.5. The lowest BCUT2D eigenvalue weighted by atomic mass is 10.2. The summed E-state index contributed by atoms with van der Waals surface area (Å²) in [5, 5.41) is 13.8. The van der Waals surface area contributed by atoms with Gasteiger partial charge in [0.1, 0.15) is 10.6 Å². The van der Waals surface area contributed by atoms with Crippen LogP contribution >= 0.6 is 11.6 Å². The molecule has 10 nitrogen and oxygen atoms in total. The maximum Gasteiger partial charge on any atom is 0.314 e. The molecule has 2 aromatic carbocycles. The van der Waals surface area contributed by atoms with E-state index in [9.17, 15) is 23.3 Å². The smallest absolute Gasteiger partial charge is 0.314 e. The third-order valence-corrected chi connectivity index (χ3v) is 6.29. The number of methoxy groups -OCH3 is 1. The Morgan fingerprint density at radius 1 is 1.23 bits per heavy atom. The van der Waals surface area contributed by atoms with Crippen molar-refractivity contribution in [2.45, 2.75) is 17.9 Å². The van der Waals surface area contributed by atoms with Crippen molar-refractivity contribution in [1.29, 1.82) is 0 Å². The first-order chi connectivity index (χ1) is 14.0. The van der Waals surface area contributed by atoms with Crippen molar-refractivity contribution >= 4 is 38.9 Å². The largest absolute Gasteiger partial charge is 0.496 e. The number of hydrogen-bond acceptors (Lipinski definition) is 7. The Balaban J connectivity index is 2.22. The van der Waals surface area contributed by atoms with Gasteiger partial charge in [0.05, 0.1) is 23.1 Å². The van der Waals surface area contributed by atoms with Crippen LogP contribution in [0.25, 0.3) is 0 Å². The molecule has 162 valence electrons. The van der Waals surface area contributed by atoms with E-state index in [0.717, 1.165) is 4.31 Å². The van der Waals surface area contributed by atoms with E-state index in [4.69, 9.17) is 21.1 Å². The van der Waals surface area contributed by atoms with E-state index in [1.54, 1.807) is 0 Å². The van der Waals surface area contributed by atoms with Gasteiger partial charge < -0.3 is 14.8 Å². The van der Waals surface area contributed by atoms with Gasteiger partial charge >= 0.3 is 5.69 Å². The van der Waals surface area contributed by atoms with E-state index >= 15 is 0 Å². The Labute approximate surface area is 178 Å². The van der Waals surface area contributed by atoms with Gasteiger partial charge in [-0.25, -0.2) is 12.7 Å². The van der Waals surface area contributed by atoms with Gasteiger partial charge in [-0.3, -0.25) is 14.9 Å². The fourth-order valence-electron chi connectivity index (χ4n) is 2.33. The summed E-state index contributed by atoms with van der Waals surface area (Å²) in [7, 11) is 0.255. The van der Waals surface area contributed by atoms with E-state index in [2.05, 4.69) is 5.32 Å². The molecule has 0 bridgehead atoms. The molecular formula is C18H20ClN3O7S. The molecule has 0 aliphatic heterocycles. The average molecular weight is 458 g/mol. The Morgan fingerprint density at radius 3 is 2.47 bits per heavy atom. The number of rotatable bonds is 8. The molecule has 0 saturated heterocycles. The molecule has 12 heteroatoms. The maximum atomic E-state index is 12.5. The van der Waals surface area contributed by atoms with E-state index in [-0.39, 0.29) is 32.8 Å². The molecule has 1 atom stereocenters. The van der Waals surface area contributed by atoms with Crippen LogP contribution in [0.2, 0.25) is 5.02 Å². The summed E-state index contributed by atoms with van der Waals surface area (Å²) in [6, 6.07) is 7.95. The van der Waals surface area contributed by atoms with Crippen molar-refractivity contribution in [3.8, 4) is 11.5 Å². The zero-order valence-corrected chi connectivity index (χ0v) is 18.2. The van der Waals surface area contributed by atoms with Crippen molar-refractivity contribution in [3.05, 3.63) is 51.5 Å². The molecule has 0 fully saturated rings. The van der Waals surface area contributed by atoms with E-state index in [1.807, 2.05) is 0 Å². The number of hydrogen-bond donors (Lipinski definition) is 1. The Bertz CT molecular complexity index is 1070. The zero-order valence-electron chi connectivity index (χ0n) is 16.6. The molecule has 0 spiro atoms. The lowest BCUT2D eigenvalue weighted by Crippen LogP contribution is -2.30. The van der Waals surface area contributed by atoms with Gasteiger partial charge in [-0.15, -0.1) is 0 Å². The first kappa shape index (κ1) is 23.4. The summed E-state index contributed by atoms with van der Waals surface area (Å²) in [5.41, 5.74) is -0.190. The van der Waals surface area contributed by atoms with Crippen LogP contribution in [0.1, 0.15) is 6.92 Å². The Kier molecular flexibility index (Phi) is 7.24. The summed E-state index contributed by atoms with van der Waals surface area (Å²) in [5.74, 6) is -0.493. The minimum Gasteiger partial charge on any atom is -0.496 e. The number of ether oxygens (including phenoxy) is 2. The molecule has 2 aromatic rings. The lowest BCUT2D eigenvalue weighted by molar-refractivity contribution is -0.386. The van der Waals surface area contributed by atoms with Gasteiger partial charge in [-0.1, -0.05) is 11.6 Å². The molecule has 1 N–H and O–H groups in total. The van der Waals surface area contributed by atoms with Crippen LogP contribution in [0.4, 0.5) is 11.4 Å². The number of sulfonamides is 1. The van der Waals surface area contributed by atoms with E-state index < -0.39 is 27.0 Å². The minimum absolute atomic E-state index is 0.000134. The van der Waals surface area contributed by atoms with Gasteiger partial charge in [0, 0.05) is 19.8 Å². The number of carbonyl (C=O) groups excluding carboxylic acids is 1. The molecule has 0 heterocycles. The molecule has 0 saturated carbocycles. The van der Waals surface area contributed by atoms with Crippen molar-refractivity contribution in [2.24, 2.45) is 0 Å². The zero-order chi connectivity index (χ0) is 22.6. The monoisotopic (exact) mass is 457 g/mol. The number of amides is 1. The highest BCUT2D eigenvalue weighted by molar-refractivity contribution is 7.89. The van der Waals surface area contributed by atoms with Crippen LogP contribution < -0.4 is 14.8 Å². The second-order valence-electron chi connectivity index (χ2n) is 6.27. The van der Waals surface area contributed by atoms with Crippen molar-refractivity contribution in [2.75, 3.05) is 26.5 Å². The van der Waals surface area contributed by atoms with Crippen LogP contribution in [-0.2, 0) is 14.8 Å². The molecule has 1 amide bonds. The number of nitrogens with one attached hydrogen (secondary N) is 1. The maximum absolute atomic E-state index is 12.5. The molecule has 0 aromatic heterocycles. The lowest BCUT2D eigenvalue weighted by Gasteiger charge is -2.17. The van der Waals surface area contributed by atoms with Crippen LogP contribution in [-0.4, -0.2) is 50.9 Å². The Hall–Kier alpha value is -2.89. The normalized spacial score (nSPS) is 12.3. The molecule has 0 radical (unpaired) electrons. The van der Waals surface area contributed by atoms with Crippen LogP contribution in [0.3, 0.4) is 0 Å². The summed E-state index contributed by atoms with van der Waals surface area (Å²) in [6.45, 7) is 1.40. The summed E-state index contributed by atoms with van der Waals surface area (Å²) >= 11 is 5.99. The van der Waals surface area contributed by atoms with Gasteiger partial charge in [0.2, 0.25) is 10.0 Å². The van der Waals surface area contributed by atoms with Crippen LogP contribution in [0, 0.1) is 10.1 Å². The number of benzene rings is 2. The first-order valence-corrected chi connectivity index (χ1v) is 10.3. The minimum atomic E-state index is -3.82. The predicted octanol–water partition coefficient (Wildman–Crippen LogP) is 2.91. The molecular weight excluding hydrogens is 438 g/mol. The van der Waals surface area contributed by atoms with Crippen molar-refractivity contribution in [3.63, 3.8) is 0 Å². The number of anilines is 1. The topological polar surface area (TPSA) is 128 Å². The van der Waals surface area contributed by atoms with Crippen LogP contribution in [0.5, 0.6) is 11.5 Å². The second kappa shape index (κ2) is 9.28. The quantitative estimate of drug-likeness (QED) is 0.476. The number of halogens is 1. The number of carbonyl (C=O) groups is 1. The van der Waals surface area contributed by atoms with E-state index in [1.165, 1.54) is 64.5 Å². The fraction of sp³-hybridized carbons (Fsp3) is 0.278. The molecule has 30 heavy (non-hydrogen) atoms. The second-order valence-corrected chi connectivity index (χ2v) is 8.80. The summed E-state index contributed by atoms with van der Waals surface area (Å²) in [4.78, 5) is 22.9. The fourth-order valence-corrected chi connectivity index (χ4v) is 3.72. The third kappa shape index (κ3) is 5.17. The SMILES string of the molecule is COc1ccc(OC(C)C(=O)Nc2ccc(Cl)c(S(=O)(=O)N(C)C)c2)c([N+](=O)[O-])c1. The summed E-state index contributed by atoms with van der Waals surface area (Å²) < 4.78 is 36.1. The standard InChI is InChI=1S/C18H20ClN3O7S/c1-11(29-16-8-6-13(28-4)10-15(16)22(24)25)18(23)20-12-5-7-14(19)17(9-12)30(26,27)21(2)3/h5-11H,1-4H3,(H,20,23). The van der Waals surface area contributed by atoms with E-state index in [0.29, 0.717) is 0 Å².